The molecule has 10 heavy (non-hydrogen) atoms. The minimum absolute atomic E-state index is 0.829. The Kier molecular flexibility index (Phi) is 1.48. The molecule has 58 valence electrons. The van der Waals surface area contributed by atoms with Gasteiger partial charge in [-0.2, -0.15) is 0 Å². The maximum atomic E-state index is 3.62. The first-order valence-electron chi connectivity index (χ1n) is 4.61. The van der Waals surface area contributed by atoms with E-state index < -0.39 is 0 Å². The Morgan fingerprint density at radius 3 is 2.60 bits per heavy atom. The van der Waals surface area contributed by atoms with Crippen LogP contribution < -0.4 is 5.32 Å². The molecule has 1 nitrogen and oxygen atoms in total. The third-order valence-corrected chi connectivity index (χ3v) is 3.20. The molecule has 0 amide bonds. The normalized spacial score (nSPS) is 33.9. The van der Waals surface area contributed by atoms with Crippen LogP contribution >= 0.6 is 0 Å². The van der Waals surface area contributed by atoms with Gasteiger partial charge in [-0.3, -0.25) is 0 Å². The van der Waals surface area contributed by atoms with Gasteiger partial charge in [-0.1, -0.05) is 6.92 Å². The highest BCUT2D eigenvalue weighted by Gasteiger charge is 2.54. The van der Waals surface area contributed by atoms with E-state index in [1.54, 1.807) is 0 Å². The number of rotatable bonds is 3. The van der Waals surface area contributed by atoms with E-state index in [-0.39, 0.29) is 0 Å². The average molecular weight is 139 g/mol. The van der Waals surface area contributed by atoms with Crippen LogP contribution in [-0.4, -0.2) is 12.6 Å². The third kappa shape index (κ3) is 0.878. The van der Waals surface area contributed by atoms with Crippen LogP contribution in [-0.2, 0) is 0 Å². The molecule has 2 saturated carbocycles. The van der Waals surface area contributed by atoms with Crippen molar-refractivity contribution in [3.05, 3.63) is 0 Å². The van der Waals surface area contributed by atoms with Gasteiger partial charge in [0.05, 0.1) is 0 Å². The molecule has 0 radical (unpaired) electrons. The predicted molar refractivity (Wildman–Crippen MR) is 43.0 cm³/mol. The van der Waals surface area contributed by atoms with Gasteiger partial charge in [0.2, 0.25) is 0 Å². The molecule has 1 atom stereocenters. The molecule has 1 spiro atoms. The monoisotopic (exact) mass is 139 g/mol. The Balaban J connectivity index is 1.73. The Labute approximate surface area is 63.2 Å². The van der Waals surface area contributed by atoms with Crippen LogP contribution in [0.2, 0.25) is 0 Å². The first kappa shape index (κ1) is 6.66. The van der Waals surface area contributed by atoms with Crippen molar-refractivity contribution in [1.29, 1.82) is 0 Å². The van der Waals surface area contributed by atoms with Crippen molar-refractivity contribution in [3.63, 3.8) is 0 Å². The maximum Gasteiger partial charge on any atom is 0.0124 e. The number of hydrogen-bond acceptors (Lipinski definition) is 1. The van der Waals surface area contributed by atoms with Crippen molar-refractivity contribution in [2.45, 2.75) is 45.1 Å². The van der Waals surface area contributed by atoms with Crippen molar-refractivity contribution in [3.8, 4) is 0 Å². The summed E-state index contributed by atoms with van der Waals surface area (Å²) in [6.07, 6.45) is 7.25. The van der Waals surface area contributed by atoms with Gasteiger partial charge in [-0.05, 0) is 44.1 Å². The van der Waals surface area contributed by atoms with Crippen LogP contribution in [0, 0.1) is 5.41 Å². The standard InChI is InChI=1S/C9H17N/c1-2-7-10-8-3-4-9(8)5-6-9/h8,10H,2-7H2,1H3/t8-/m0/s1. The lowest BCUT2D eigenvalue weighted by Crippen LogP contribution is -2.45. The summed E-state index contributed by atoms with van der Waals surface area (Å²) in [5.74, 6) is 0. The van der Waals surface area contributed by atoms with Crippen LogP contribution in [0.3, 0.4) is 0 Å². The summed E-state index contributed by atoms with van der Waals surface area (Å²) in [7, 11) is 0. The van der Waals surface area contributed by atoms with Crippen molar-refractivity contribution in [2.75, 3.05) is 6.54 Å². The maximum absolute atomic E-state index is 3.62. The summed E-state index contributed by atoms with van der Waals surface area (Å²) >= 11 is 0. The van der Waals surface area contributed by atoms with E-state index >= 15 is 0 Å². The highest BCUT2D eigenvalue weighted by atomic mass is 15.0. The van der Waals surface area contributed by atoms with Crippen LogP contribution in [0.5, 0.6) is 0 Å². The molecule has 2 aliphatic carbocycles. The SMILES string of the molecule is CCCN[C@H]1CCC12CC2. The van der Waals surface area contributed by atoms with E-state index in [0.29, 0.717) is 0 Å². The molecule has 0 aromatic carbocycles. The van der Waals surface area contributed by atoms with Crippen molar-refractivity contribution in [1.82, 2.24) is 5.32 Å². The first-order valence-corrected chi connectivity index (χ1v) is 4.61. The second-order valence-electron chi connectivity index (χ2n) is 3.91. The fourth-order valence-corrected chi connectivity index (χ4v) is 2.09. The molecule has 1 heteroatoms. The summed E-state index contributed by atoms with van der Waals surface area (Å²) in [5.41, 5.74) is 0.829. The molecule has 2 fully saturated rings. The molecule has 0 aromatic rings. The lowest BCUT2D eigenvalue weighted by Gasteiger charge is -2.38. The molecule has 0 saturated heterocycles. The Morgan fingerprint density at radius 2 is 2.20 bits per heavy atom. The summed E-state index contributed by atoms with van der Waals surface area (Å²) in [6, 6.07) is 0.910. The zero-order valence-corrected chi connectivity index (χ0v) is 6.82. The van der Waals surface area contributed by atoms with Crippen molar-refractivity contribution >= 4 is 0 Å². The summed E-state index contributed by atoms with van der Waals surface area (Å²) in [5, 5.41) is 3.62. The van der Waals surface area contributed by atoms with Gasteiger partial charge in [0.15, 0.2) is 0 Å². The van der Waals surface area contributed by atoms with E-state index in [4.69, 9.17) is 0 Å². The van der Waals surface area contributed by atoms with Crippen LogP contribution in [0.15, 0.2) is 0 Å². The molecular weight excluding hydrogens is 122 g/mol. The molecule has 0 bridgehead atoms. The van der Waals surface area contributed by atoms with Gasteiger partial charge < -0.3 is 5.32 Å². The zero-order chi connectivity index (χ0) is 7.03. The number of nitrogens with one attached hydrogen (secondary N) is 1. The third-order valence-electron chi connectivity index (χ3n) is 3.20. The molecule has 0 heterocycles. The smallest absolute Gasteiger partial charge is 0.0124 e. The number of hydrogen-bond donors (Lipinski definition) is 1. The van der Waals surface area contributed by atoms with Crippen LogP contribution in [0.4, 0.5) is 0 Å². The van der Waals surface area contributed by atoms with Gasteiger partial charge in [0.25, 0.3) is 0 Å². The van der Waals surface area contributed by atoms with Gasteiger partial charge in [0, 0.05) is 6.04 Å². The van der Waals surface area contributed by atoms with E-state index in [9.17, 15) is 0 Å². The van der Waals surface area contributed by atoms with Gasteiger partial charge >= 0.3 is 0 Å². The van der Waals surface area contributed by atoms with Crippen LogP contribution in [0.1, 0.15) is 39.0 Å². The summed E-state index contributed by atoms with van der Waals surface area (Å²) in [6.45, 7) is 3.47. The Morgan fingerprint density at radius 1 is 1.40 bits per heavy atom. The molecule has 1 N–H and O–H groups in total. The quantitative estimate of drug-likeness (QED) is 0.630. The zero-order valence-electron chi connectivity index (χ0n) is 6.82. The predicted octanol–water partition coefficient (Wildman–Crippen LogP) is 1.93. The average Bonchev–Trinajstić information content (AvgIpc) is 2.66. The minimum Gasteiger partial charge on any atom is -0.313 e. The van der Waals surface area contributed by atoms with E-state index in [1.165, 1.54) is 38.6 Å². The van der Waals surface area contributed by atoms with E-state index in [2.05, 4.69) is 12.2 Å². The molecule has 0 unspecified atom stereocenters. The van der Waals surface area contributed by atoms with Crippen molar-refractivity contribution in [2.24, 2.45) is 5.41 Å². The van der Waals surface area contributed by atoms with Gasteiger partial charge in [-0.25, -0.2) is 0 Å². The minimum atomic E-state index is 0.829. The lowest BCUT2D eigenvalue weighted by atomic mass is 9.76. The Bertz CT molecular complexity index is 127. The second-order valence-corrected chi connectivity index (χ2v) is 3.91. The molecule has 2 aliphatic rings. The first-order chi connectivity index (χ1) is 4.87. The van der Waals surface area contributed by atoms with E-state index in [0.717, 1.165) is 11.5 Å². The highest BCUT2D eigenvalue weighted by molar-refractivity contribution is 5.09. The van der Waals surface area contributed by atoms with Crippen LogP contribution in [0.25, 0.3) is 0 Å². The molecular formula is C9H17N. The highest BCUT2D eigenvalue weighted by Crippen LogP contribution is 2.60. The molecule has 0 aliphatic heterocycles. The van der Waals surface area contributed by atoms with Crippen molar-refractivity contribution < 1.29 is 0 Å². The lowest BCUT2D eigenvalue weighted by molar-refractivity contribution is 0.185. The topological polar surface area (TPSA) is 12.0 Å². The fraction of sp³-hybridized carbons (Fsp3) is 1.00. The fourth-order valence-electron chi connectivity index (χ4n) is 2.09. The Hall–Kier alpha value is -0.0400. The second kappa shape index (κ2) is 2.23. The van der Waals surface area contributed by atoms with Gasteiger partial charge in [-0.15, -0.1) is 0 Å². The summed E-state index contributed by atoms with van der Waals surface area (Å²) in [4.78, 5) is 0. The van der Waals surface area contributed by atoms with E-state index in [1.807, 2.05) is 0 Å². The summed E-state index contributed by atoms with van der Waals surface area (Å²) < 4.78 is 0. The molecule has 0 aromatic heterocycles. The largest absolute Gasteiger partial charge is 0.313 e. The molecule has 2 rings (SSSR count). The van der Waals surface area contributed by atoms with Gasteiger partial charge in [0.1, 0.15) is 0 Å².